The van der Waals surface area contributed by atoms with Gasteiger partial charge in [-0.2, -0.15) is 0 Å². The summed E-state index contributed by atoms with van der Waals surface area (Å²) in [5.74, 6) is -0.940. The fourth-order valence-electron chi connectivity index (χ4n) is 4.05. The Labute approximate surface area is 210 Å². The first-order valence-corrected chi connectivity index (χ1v) is 12.2. The van der Waals surface area contributed by atoms with Crippen LogP contribution in [-0.2, 0) is 20.8 Å². The first-order valence-electron chi connectivity index (χ1n) is 11.9. The molecule has 0 radical (unpaired) electrons. The van der Waals surface area contributed by atoms with Crippen molar-refractivity contribution >= 4 is 35.5 Å². The van der Waals surface area contributed by atoms with Gasteiger partial charge in [-0.3, -0.25) is 9.59 Å². The molecule has 0 bridgehead atoms. The van der Waals surface area contributed by atoms with E-state index in [1.54, 1.807) is 11.0 Å². The van der Waals surface area contributed by atoms with Crippen molar-refractivity contribution in [2.45, 2.75) is 45.4 Å². The number of rotatable bonds is 4. The van der Waals surface area contributed by atoms with E-state index >= 15 is 0 Å². The number of halogens is 1. The van der Waals surface area contributed by atoms with E-state index < -0.39 is 5.97 Å². The fourth-order valence-corrected chi connectivity index (χ4v) is 4.26. The van der Waals surface area contributed by atoms with E-state index in [1.807, 2.05) is 18.2 Å². The Balaban J connectivity index is 1.92. The molecule has 1 unspecified atom stereocenters. The minimum Gasteiger partial charge on any atom is -0.506 e. The van der Waals surface area contributed by atoms with Crippen LogP contribution in [0.4, 0.5) is 0 Å². The van der Waals surface area contributed by atoms with Crippen molar-refractivity contribution in [3.63, 3.8) is 0 Å². The van der Waals surface area contributed by atoms with Crippen molar-refractivity contribution in [1.29, 1.82) is 0 Å². The van der Waals surface area contributed by atoms with Gasteiger partial charge in [0.1, 0.15) is 5.75 Å². The normalized spacial score (nSPS) is 22.5. The zero-order valence-electron chi connectivity index (χ0n) is 19.9. The number of benzene rings is 1. The van der Waals surface area contributed by atoms with E-state index in [4.69, 9.17) is 21.2 Å². The summed E-state index contributed by atoms with van der Waals surface area (Å²) in [4.78, 5) is 44.2. The van der Waals surface area contributed by atoms with Crippen molar-refractivity contribution < 1.29 is 29.1 Å². The summed E-state index contributed by atoms with van der Waals surface area (Å²) in [7, 11) is 0. The van der Waals surface area contributed by atoms with Gasteiger partial charge in [0, 0.05) is 25.1 Å². The number of phenols is 1. The van der Waals surface area contributed by atoms with Gasteiger partial charge in [-0.25, -0.2) is 4.79 Å². The Morgan fingerprint density at radius 3 is 2.83 bits per heavy atom. The third-order valence-electron chi connectivity index (χ3n) is 5.94. The number of hydrogen-bond acceptors (Lipinski definition) is 7. The highest BCUT2D eigenvalue weighted by Gasteiger charge is 2.24. The SMILES string of the molecule is CC1/C=C/CCOC(=O)c2c(C=O)cc(O)c(Cl)c2CC(=N\OCC(=O)N2CCCCC2)/C=C/C1. The van der Waals surface area contributed by atoms with Gasteiger partial charge in [0.15, 0.2) is 12.9 Å². The monoisotopic (exact) mass is 502 g/mol. The number of hydrogen-bond donors (Lipinski definition) is 1. The molecule has 9 heteroatoms. The lowest BCUT2D eigenvalue weighted by molar-refractivity contribution is -0.137. The number of allylic oxidation sites excluding steroid dienone is 3. The molecule has 1 saturated heterocycles. The van der Waals surface area contributed by atoms with Gasteiger partial charge in [0.05, 0.1) is 22.9 Å². The number of fused-ring (bicyclic) bond motifs is 1. The summed E-state index contributed by atoms with van der Waals surface area (Å²) < 4.78 is 5.37. The smallest absolute Gasteiger partial charge is 0.339 e. The second-order valence-electron chi connectivity index (χ2n) is 8.71. The summed E-state index contributed by atoms with van der Waals surface area (Å²) in [6.45, 7) is 3.41. The first kappa shape index (κ1) is 26.5. The van der Waals surface area contributed by atoms with Gasteiger partial charge >= 0.3 is 5.97 Å². The van der Waals surface area contributed by atoms with Crippen molar-refractivity contribution in [2.75, 3.05) is 26.3 Å². The van der Waals surface area contributed by atoms with Crippen LogP contribution in [0.5, 0.6) is 5.75 Å². The summed E-state index contributed by atoms with van der Waals surface area (Å²) in [5.41, 5.74) is 0.521. The Kier molecular flexibility index (Phi) is 9.90. The zero-order chi connectivity index (χ0) is 25.2. The molecule has 1 aromatic carbocycles. The second-order valence-corrected chi connectivity index (χ2v) is 9.09. The molecule has 35 heavy (non-hydrogen) atoms. The number of ether oxygens (including phenoxy) is 1. The summed E-state index contributed by atoms with van der Waals surface area (Å²) in [5, 5.41) is 14.3. The molecule has 0 aliphatic carbocycles. The number of esters is 1. The summed E-state index contributed by atoms with van der Waals surface area (Å²) >= 11 is 6.37. The Morgan fingerprint density at radius 2 is 2.09 bits per heavy atom. The maximum Gasteiger partial charge on any atom is 0.339 e. The predicted octanol–water partition coefficient (Wildman–Crippen LogP) is 4.48. The number of likely N-dealkylation sites (tertiary alicyclic amines) is 1. The largest absolute Gasteiger partial charge is 0.506 e. The van der Waals surface area contributed by atoms with Crippen molar-refractivity contribution in [3.8, 4) is 5.75 Å². The number of aldehydes is 1. The molecule has 1 N–H and O–H groups in total. The quantitative estimate of drug-likeness (QED) is 0.281. The van der Waals surface area contributed by atoms with E-state index in [0.29, 0.717) is 31.5 Å². The highest BCUT2D eigenvalue weighted by molar-refractivity contribution is 6.34. The van der Waals surface area contributed by atoms with Crippen LogP contribution in [0, 0.1) is 5.92 Å². The molecule has 1 aromatic rings. The van der Waals surface area contributed by atoms with Gasteiger partial charge in [0.2, 0.25) is 0 Å². The Hall–Kier alpha value is -3.13. The predicted molar refractivity (Wildman–Crippen MR) is 133 cm³/mol. The van der Waals surface area contributed by atoms with Gasteiger partial charge in [-0.05, 0) is 55.7 Å². The van der Waals surface area contributed by atoms with Crippen LogP contribution in [0.15, 0.2) is 35.5 Å². The van der Waals surface area contributed by atoms with Gasteiger partial charge in [-0.1, -0.05) is 41.9 Å². The number of carbonyl (C=O) groups is 3. The molecular weight excluding hydrogens is 472 g/mol. The molecule has 0 saturated carbocycles. The number of carbonyl (C=O) groups excluding carboxylic acids is 3. The lowest BCUT2D eigenvalue weighted by Crippen LogP contribution is -2.37. The van der Waals surface area contributed by atoms with Gasteiger partial charge < -0.3 is 19.6 Å². The molecule has 8 nitrogen and oxygen atoms in total. The minimum absolute atomic E-state index is 0.0167. The number of phenolic OH excluding ortho intramolecular Hbond substituents is 1. The molecule has 2 aliphatic heterocycles. The van der Waals surface area contributed by atoms with E-state index in [2.05, 4.69) is 12.1 Å². The highest BCUT2D eigenvalue weighted by Crippen LogP contribution is 2.33. The first-order chi connectivity index (χ1) is 16.9. The molecule has 0 aromatic heterocycles. The number of amides is 1. The van der Waals surface area contributed by atoms with Crippen LogP contribution >= 0.6 is 11.6 Å². The van der Waals surface area contributed by atoms with E-state index in [9.17, 15) is 19.5 Å². The zero-order valence-corrected chi connectivity index (χ0v) is 20.6. The van der Waals surface area contributed by atoms with Crippen LogP contribution in [0.2, 0.25) is 5.02 Å². The van der Waals surface area contributed by atoms with E-state index in [1.165, 1.54) is 0 Å². The highest BCUT2D eigenvalue weighted by atomic mass is 35.5. The fraction of sp³-hybridized carbons (Fsp3) is 0.462. The molecule has 1 amide bonds. The molecule has 0 spiro atoms. The topological polar surface area (TPSA) is 106 Å². The number of aromatic hydroxyl groups is 1. The molecule has 2 heterocycles. The third-order valence-corrected chi connectivity index (χ3v) is 6.36. The Morgan fingerprint density at radius 1 is 1.31 bits per heavy atom. The number of cyclic esters (lactones) is 1. The Bertz CT molecular complexity index is 1030. The molecule has 3 rings (SSSR count). The van der Waals surface area contributed by atoms with E-state index in [-0.39, 0.29) is 58.9 Å². The second kappa shape index (κ2) is 13.1. The molecule has 188 valence electrons. The lowest BCUT2D eigenvalue weighted by atomic mass is 9.96. The van der Waals surface area contributed by atoms with E-state index in [0.717, 1.165) is 31.7 Å². The third kappa shape index (κ3) is 7.42. The molecule has 2 aliphatic rings. The van der Waals surface area contributed by atoms with Crippen LogP contribution in [0.25, 0.3) is 0 Å². The van der Waals surface area contributed by atoms with Crippen LogP contribution in [-0.4, -0.2) is 60.2 Å². The number of oxime groups is 1. The maximum atomic E-state index is 12.9. The molecular formula is C26H31ClN2O6. The van der Waals surface area contributed by atoms with Crippen LogP contribution < -0.4 is 0 Å². The van der Waals surface area contributed by atoms with Crippen molar-refractivity contribution in [2.24, 2.45) is 11.1 Å². The standard InChI is InChI=1S/C26H31ClN2O6/c1-18-8-3-6-13-34-26(33)24-19(16-30)14-22(31)25(27)21(24)15-20(10-7-9-18)28-35-17-23(32)29-11-4-2-5-12-29/h3,7-8,10,14,16,18,31H,2,4-6,9,11-13,15,17H2,1H3/b8-3+,10-7+,28-20-. The number of piperidine rings is 1. The van der Waals surface area contributed by atoms with Crippen LogP contribution in [0.3, 0.4) is 0 Å². The minimum atomic E-state index is -0.716. The number of nitrogens with zero attached hydrogens (tertiary/aromatic N) is 2. The van der Waals surface area contributed by atoms with Gasteiger partial charge in [-0.15, -0.1) is 0 Å². The molecule has 1 fully saturated rings. The average Bonchev–Trinajstić information content (AvgIpc) is 2.85. The van der Waals surface area contributed by atoms with Crippen molar-refractivity contribution in [1.82, 2.24) is 4.90 Å². The summed E-state index contributed by atoms with van der Waals surface area (Å²) in [6, 6.07) is 1.14. The summed E-state index contributed by atoms with van der Waals surface area (Å²) in [6.07, 6.45) is 12.4. The maximum absolute atomic E-state index is 12.9. The van der Waals surface area contributed by atoms with Crippen LogP contribution in [0.1, 0.15) is 65.3 Å². The van der Waals surface area contributed by atoms with Crippen molar-refractivity contribution in [3.05, 3.63) is 52.1 Å². The van der Waals surface area contributed by atoms with Gasteiger partial charge in [0.25, 0.3) is 5.91 Å². The average molecular weight is 503 g/mol. The lowest BCUT2D eigenvalue weighted by Gasteiger charge is -2.26. The molecule has 1 atom stereocenters.